The molecular formula is C14H21NO2. The van der Waals surface area contributed by atoms with E-state index in [-0.39, 0.29) is 5.60 Å². The maximum absolute atomic E-state index is 6.15. The Morgan fingerprint density at radius 2 is 1.82 bits per heavy atom. The van der Waals surface area contributed by atoms with Gasteiger partial charge in [-0.3, -0.25) is 0 Å². The first-order chi connectivity index (χ1) is 8.29. The van der Waals surface area contributed by atoms with E-state index in [9.17, 15) is 0 Å². The van der Waals surface area contributed by atoms with Gasteiger partial charge in [0.2, 0.25) is 0 Å². The molecule has 1 aliphatic carbocycles. The van der Waals surface area contributed by atoms with Gasteiger partial charge in [-0.15, -0.1) is 0 Å². The zero-order valence-corrected chi connectivity index (χ0v) is 10.4. The number of ether oxygens (including phenoxy) is 2. The average Bonchev–Trinajstić information content (AvgIpc) is 2.81. The third-order valence-electron chi connectivity index (χ3n) is 3.36. The van der Waals surface area contributed by atoms with E-state index < -0.39 is 0 Å². The highest BCUT2D eigenvalue weighted by Crippen LogP contribution is 2.37. The van der Waals surface area contributed by atoms with E-state index >= 15 is 0 Å². The second kappa shape index (κ2) is 5.41. The Morgan fingerprint density at radius 3 is 2.41 bits per heavy atom. The van der Waals surface area contributed by atoms with Crippen LogP contribution < -0.4 is 15.2 Å². The maximum Gasteiger partial charge on any atom is 0.162 e. The lowest BCUT2D eigenvalue weighted by atomic mass is 10.0. The average molecular weight is 235 g/mol. The summed E-state index contributed by atoms with van der Waals surface area (Å²) >= 11 is 0. The van der Waals surface area contributed by atoms with Crippen LogP contribution in [-0.2, 0) is 0 Å². The summed E-state index contributed by atoms with van der Waals surface area (Å²) < 4.78 is 11.7. The van der Waals surface area contributed by atoms with Crippen molar-refractivity contribution in [3.05, 3.63) is 24.3 Å². The molecule has 1 saturated carbocycles. The highest BCUT2D eigenvalue weighted by Gasteiger charge is 2.35. The van der Waals surface area contributed by atoms with E-state index in [0.717, 1.165) is 24.3 Å². The molecule has 1 aromatic rings. The Balaban J connectivity index is 2.16. The lowest BCUT2D eigenvalue weighted by molar-refractivity contribution is 0.0806. The SMILES string of the molecule is CCOc1ccccc1OC1(CN)CCCC1. The van der Waals surface area contributed by atoms with Crippen LogP contribution in [0, 0.1) is 0 Å². The Labute approximate surface area is 103 Å². The van der Waals surface area contributed by atoms with Crippen LogP contribution in [-0.4, -0.2) is 18.8 Å². The van der Waals surface area contributed by atoms with Gasteiger partial charge in [-0.05, 0) is 44.7 Å². The molecule has 0 saturated heterocycles. The number of rotatable bonds is 5. The lowest BCUT2D eigenvalue weighted by Gasteiger charge is -2.29. The van der Waals surface area contributed by atoms with Crippen molar-refractivity contribution in [3.63, 3.8) is 0 Å². The topological polar surface area (TPSA) is 44.5 Å². The van der Waals surface area contributed by atoms with Gasteiger partial charge in [-0.1, -0.05) is 12.1 Å². The fourth-order valence-corrected chi connectivity index (χ4v) is 2.41. The molecule has 2 rings (SSSR count). The van der Waals surface area contributed by atoms with Crippen molar-refractivity contribution in [1.29, 1.82) is 0 Å². The largest absolute Gasteiger partial charge is 0.490 e. The number of hydrogen-bond acceptors (Lipinski definition) is 3. The second-order valence-corrected chi connectivity index (χ2v) is 4.58. The van der Waals surface area contributed by atoms with Gasteiger partial charge in [-0.2, -0.15) is 0 Å². The van der Waals surface area contributed by atoms with Gasteiger partial charge in [0.05, 0.1) is 6.61 Å². The van der Waals surface area contributed by atoms with E-state index in [0.29, 0.717) is 13.2 Å². The van der Waals surface area contributed by atoms with Crippen molar-refractivity contribution in [2.75, 3.05) is 13.2 Å². The van der Waals surface area contributed by atoms with E-state index in [1.807, 2.05) is 31.2 Å². The molecule has 2 N–H and O–H groups in total. The highest BCUT2D eigenvalue weighted by molar-refractivity contribution is 5.40. The Hall–Kier alpha value is -1.22. The minimum absolute atomic E-state index is 0.173. The van der Waals surface area contributed by atoms with E-state index in [2.05, 4.69) is 0 Å². The van der Waals surface area contributed by atoms with Crippen LogP contribution in [0.2, 0.25) is 0 Å². The van der Waals surface area contributed by atoms with Crippen LogP contribution >= 0.6 is 0 Å². The normalized spacial score (nSPS) is 18.0. The van der Waals surface area contributed by atoms with Crippen LogP contribution in [0.5, 0.6) is 11.5 Å². The van der Waals surface area contributed by atoms with Crippen molar-refractivity contribution in [2.45, 2.75) is 38.2 Å². The fourth-order valence-electron chi connectivity index (χ4n) is 2.41. The first-order valence-corrected chi connectivity index (χ1v) is 6.40. The highest BCUT2D eigenvalue weighted by atomic mass is 16.5. The van der Waals surface area contributed by atoms with Crippen molar-refractivity contribution >= 4 is 0 Å². The molecule has 0 aliphatic heterocycles. The van der Waals surface area contributed by atoms with Crippen LogP contribution in [0.4, 0.5) is 0 Å². The maximum atomic E-state index is 6.15. The monoisotopic (exact) mass is 235 g/mol. The first-order valence-electron chi connectivity index (χ1n) is 6.40. The zero-order valence-electron chi connectivity index (χ0n) is 10.4. The molecule has 0 heterocycles. The van der Waals surface area contributed by atoms with Crippen molar-refractivity contribution in [1.82, 2.24) is 0 Å². The molecule has 0 amide bonds. The van der Waals surface area contributed by atoms with Gasteiger partial charge in [0.15, 0.2) is 11.5 Å². The summed E-state index contributed by atoms with van der Waals surface area (Å²) in [7, 11) is 0. The van der Waals surface area contributed by atoms with E-state index in [1.165, 1.54) is 12.8 Å². The molecule has 1 fully saturated rings. The Morgan fingerprint density at radius 1 is 1.18 bits per heavy atom. The summed E-state index contributed by atoms with van der Waals surface area (Å²) in [5, 5.41) is 0. The summed E-state index contributed by atoms with van der Waals surface area (Å²) in [5.74, 6) is 1.64. The summed E-state index contributed by atoms with van der Waals surface area (Å²) in [5.41, 5.74) is 5.70. The standard InChI is InChI=1S/C14H21NO2/c1-2-16-12-7-3-4-8-13(12)17-14(11-15)9-5-6-10-14/h3-4,7-8H,2,5-6,9-11,15H2,1H3. The van der Waals surface area contributed by atoms with Gasteiger partial charge in [0.25, 0.3) is 0 Å². The summed E-state index contributed by atoms with van der Waals surface area (Å²) in [6, 6.07) is 7.83. The summed E-state index contributed by atoms with van der Waals surface area (Å²) in [6.07, 6.45) is 4.50. The molecule has 0 bridgehead atoms. The quantitative estimate of drug-likeness (QED) is 0.853. The molecule has 0 atom stereocenters. The number of nitrogens with two attached hydrogens (primary N) is 1. The van der Waals surface area contributed by atoms with Gasteiger partial charge in [0.1, 0.15) is 5.60 Å². The second-order valence-electron chi connectivity index (χ2n) is 4.58. The summed E-state index contributed by atoms with van der Waals surface area (Å²) in [4.78, 5) is 0. The van der Waals surface area contributed by atoms with Crippen LogP contribution in [0.3, 0.4) is 0 Å². The number of para-hydroxylation sites is 2. The fraction of sp³-hybridized carbons (Fsp3) is 0.571. The number of hydrogen-bond donors (Lipinski definition) is 1. The molecule has 17 heavy (non-hydrogen) atoms. The minimum atomic E-state index is -0.173. The van der Waals surface area contributed by atoms with Gasteiger partial charge < -0.3 is 15.2 Å². The van der Waals surface area contributed by atoms with Crippen molar-refractivity contribution in [3.8, 4) is 11.5 Å². The Kier molecular flexibility index (Phi) is 3.89. The smallest absolute Gasteiger partial charge is 0.162 e. The Bertz CT molecular complexity index is 359. The van der Waals surface area contributed by atoms with Gasteiger partial charge >= 0.3 is 0 Å². The molecule has 1 aromatic carbocycles. The first kappa shape index (κ1) is 12.2. The molecule has 0 aromatic heterocycles. The van der Waals surface area contributed by atoms with Crippen LogP contribution in [0.15, 0.2) is 24.3 Å². The van der Waals surface area contributed by atoms with Gasteiger partial charge in [0, 0.05) is 6.54 Å². The molecule has 94 valence electrons. The van der Waals surface area contributed by atoms with E-state index in [1.54, 1.807) is 0 Å². The predicted molar refractivity (Wildman–Crippen MR) is 68.5 cm³/mol. The van der Waals surface area contributed by atoms with Crippen LogP contribution in [0.25, 0.3) is 0 Å². The minimum Gasteiger partial charge on any atom is -0.490 e. The summed E-state index contributed by atoms with van der Waals surface area (Å²) in [6.45, 7) is 3.20. The van der Waals surface area contributed by atoms with Crippen molar-refractivity contribution in [2.24, 2.45) is 5.73 Å². The molecular weight excluding hydrogens is 214 g/mol. The molecule has 0 radical (unpaired) electrons. The molecule has 1 aliphatic rings. The van der Waals surface area contributed by atoms with Crippen molar-refractivity contribution < 1.29 is 9.47 Å². The van der Waals surface area contributed by atoms with Crippen LogP contribution in [0.1, 0.15) is 32.6 Å². The lowest BCUT2D eigenvalue weighted by Crippen LogP contribution is -2.40. The molecule has 3 nitrogen and oxygen atoms in total. The third-order valence-corrected chi connectivity index (χ3v) is 3.36. The van der Waals surface area contributed by atoms with Gasteiger partial charge in [-0.25, -0.2) is 0 Å². The van der Waals surface area contributed by atoms with E-state index in [4.69, 9.17) is 15.2 Å². The zero-order chi connectivity index (χ0) is 12.1. The molecule has 0 spiro atoms. The number of benzene rings is 1. The predicted octanol–water partition coefficient (Wildman–Crippen LogP) is 2.74. The molecule has 0 unspecified atom stereocenters. The third kappa shape index (κ3) is 2.72. The molecule has 3 heteroatoms.